The molecule has 0 atom stereocenters. The first-order valence-electron chi connectivity index (χ1n) is 6.30. The zero-order chi connectivity index (χ0) is 14.3. The van der Waals surface area contributed by atoms with Crippen LogP contribution in [0.2, 0.25) is 0 Å². The van der Waals surface area contributed by atoms with Gasteiger partial charge in [0.15, 0.2) is 6.29 Å². The number of aldehydes is 1. The van der Waals surface area contributed by atoms with E-state index in [4.69, 9.17) is 0 Å². The molecule has 100 valence electrons. The van der Waals surface area contributed by atoms with Crippen molar-refractivity contribution in [3.63, 3.8) is 0 Å². The maximum absolute atomic E-state index is 14.1. The highest BCUT2D eigenvalue weighted by molar-refractivity contribution is 5.85. The summed E-state index contributed by atoms with van der Waals surface area (Å²) >= 11 is 0. The summed E-state index contributed by atoms with van der Waals surface area (Å²) in [6, 6.07) is 8.38. The summed E-state index contributed by atoms with van der Waals surface area (Å²) in [6.45, 7) is 4.00. The van der Waals surface area contributed by atoms with Crippen molar-refractivity contribution in [3.8, 4) is 5.69 Å². The molecule has 0 amide bonds. The Balaban J connectivity index is 2.36. The predicted octanol–water partition coefficient (Wildman–Crippen LogP) is 3.59. The largest absolute Gasteiger partial charge is 0.298 e. The highest BCUT2D eigenvalue weighted by Gasteiger charge is 2.13. The third kappa shape index (κ3) is 1.81. The minimum Gasteiger partial charge on any atom is -0.298 e. The summed E-state index contributed by atoms with van der Waals surface area (Å²) < 4.78 is 15.7. The molecule has 3 nitrogen and oxygen atoms in total. The Bertz CT molecular complexity index is 821. The van der Waals surface area contributed by atoms with Gasteiger partial charge in [0.05, 0.1) is 16.7 Å². The second-order valence-corrected chi connectivity index (χ2v) is 4.84. The molecule has 4 heteroatoms. The first-order chi connectivity index (χ1) is 9.61. The monoisotopic (exact) mass is 268 g/mol. The second kappa shape index (κ2) is 4.56. The van der Waals surface area contributed by atoms with E-state index in [2.05, 4.69) is 4.98 Å². The molecule has 0 N–H and O–H groups in total. The number of halogens is 1. The van der Waals surface area contributed by atoms with Gasteiger partial charge in [-0.15, -0.1) is 0 Å². The van der Waals surface area contributed by atoms with Gasteiger partial charge in [0, 0.05) is 5.56 Å². The van der Waals surface area contributed by atoms with E-state index in [0.717, 1.165) is 22.2 Å². The third-order valence-corrected chi connectivity index (χ3v) is 3.55. The van der Waals surface area contributed by atoms with E-state index in [9.17, 15) is 9.18 Å². The molecule has 0 aliphatic carbocycles. The van der Waals surface area contributed by atoms with Gasteiger partial charge in [-0.3, -0.25) is 9.36 Å². The lowest BCUT2D eigenvalue weighted by Crippen LogP contribution is -2.01. The summed E-state index contributed by atoms with van der Waals surface area (Å²) in [4.78, 5) is 15.4. The van der Waals surface area contributed by atoms with Crippen molar-refractivity contribution < 1.29 is 9.18 Å². The van der Waals surface area contributed by atoms with Crippen molar-refractivity contribution in [1.82, 2.24) is 9.55 Å². The molecule has 1 aromatic heterocycles. The number of fused-ring (bicyclic) bond motifs is 1. The van der Waals surface area contributed by atoms with Crippen molar-refractivity contribution in [2.24, 2.45) is 0 Å². The zero-order valence-corrected chi connectivity index (χ0v) is 11.2. The van der Waals surface area contributed by atoms with E-state index in [1.807, 2.05) is 26.0 Å². The fourth-order valence-electron chi connectivity index (χ4n) is 2.32. The van der Waals surface area contributed by atoms with Gasteiger partial charge >= 0.3 is 0 Å². The van der Waals surface area contributed by atoms with Gasteiger partial charge in [-0.1, -0.05) is 6.07 Å². The van der Waals surface area contributed by atoms with Crippen LogP contribution in [-0.4, -0.2) is 15.8 Å². The molecule has 0 aliphatic rings. The average molecular weight is 268 g/mol. The van der Waals surface area contributed by atoms with Gasteiger partial charge < -0.3 is 0 Å². The fourth-order valence-corrected chi connectivity index (χ4v) is 2.32. The number of hydrogen-bond acceptors (Lipinski definition) is 2. The lowest BCUT2D eigenvalue weighted by Gasteiger charge is -2.09. The molecule has 3 rings (SSSR count). The van der Waals surface area contributed by atoms with Crippen LogP contribution in [0.3, 0.4) is 0 Å². The lowest BCUT2D eigenvalue weighted by molar-refractivity contribution is 0.112. The summed E-state index contributed by atoms with van der Waals surface area (Å²) in [5, 5.41) is 0. The van der Waals surface area contributed by atoms with E-state index in [0.29, 0.717) is 11.8 Å². The highest BCUT2D eigenvalue weighted by atomic mass is 19.1. The maximum Gasteiger partial charge on any atom is 0.152 e. The van der Waals surface area contributed by atoms with Crippen LogP contribution in [-0.2, 0) is 0 Å². The SMILES string of the molecule is Cc1cc2ncn(-c3c(F)cccc3C=O)c2cc1C. The van der Waals surface area contributed by atoms with E-state index in [1.165, 1.54) is 12.1 Å². The Hall–Kier alpha value is -2.49. The van der Waals surface area contributed by atoms with Gasteiger partial charge in [0.1, 0.15) is 12.1 Å². The summed E-state index contributed by atoms with van der Waals surface area (Å²) in [5.74, 6) is -0.438. The summed E-state index contributed by atoms with van der Waals surface area (Å²) in [5.41, 5.74) is 4.36. The minimum absolute atomic E-state index is 0.244. The molecule has 0 saturated heterocycles. The van der Waals surface area contributed by atoms with Crippen LogP contribution in [0.4, 0.5) is 4.39 Å². The molecular weight excluding hydrogens is 255 g/mol. The third-order valence-electron chi connectivity index (χ3n) is 3.55. The average Bonchev–Trinajstić information content (AvgIpc) is 2.81. The van der Waals surface area contributed by atoms with Crippen LogP contribution < -0.4 is 0 Å². The molecule has 0 saturated carbocycles. The Morgan fingerprint density at radius 2 is 1.95 bits per heavy atom. The van der Waals surface area contributed by atoms with E-state index < -0.39 is 5.82 Å². The maximum atomic E-state index is 14.1. The van der Waals surface area contributed by atoms with Crippen LogP contribution >= 0.6 is 0 Å². The highest BCUT2D eigenvalue weighted by Crippen LogP contribution is 2.25. The molecule has 0 unspecified atom stereocenters. The van der Waals surface area contributed by atoms with Gasteiger partial charge in [-0.05, 0) is 49.2 Å². The first kappa shape index (κ1) is 12.5. The Labute approximate surface area is 115 Å². The van der Waals surface area contributed by atoms with E-state index in [-0.39, 0.29) is 5.69 Å². The molecule has 1 heterocycles. The lowest BCUT2D eigenvalue weighted by atomic mass is 10.1. The number of rotatable bonds is 2. The molecule has 0 bridgehead atoms. The topological polar surface area (TPSA) is 34.9 Å². The first-order valence-corrected chi connectivity index (χ1v) is 6.30. The number of nitrogens with zero attached hydrogens (tertiary/aromatic N) is 2. The molecule has 2 aromatic carbocycles. The van der Waals surface area contributed by atoms with Crippen LogP contribution in [0.1, 0.15) is 21.5 Å². The van der Waals surface area contributed by atoms with Gasteiger partial charge in [-0.2, -0.15) is 0 Å². The molecular formula is C16H13FN2O. The Kier molecular flexibility index (Phi) is 2.86. The minimum atomic E-state index is -0.438. The Morgan fingerprint density at radius 1 is 1.20 bits per heavy atom. The van der Waals surface area contributed by atoms with Crippen molar-refractivity contribution >= 4 is 17.3 Å². The summed E-state index contributed by atoms with van der Waals surface area (Å²) in [6.07, 6.45) is 2.21. The molecule has 3 aromatic rings. The standard InChI is InChI=1S/C16H13FN2O/c1-10-6-14-15(7-11(10)2)19(9-18-14)16-12(8-20)4-3-5-13(16)17/h3-9H,1-2H3. The molecule has 0 radical (unpaired) electrons. The number of carbonyl (C=O) groups is 1. The van der Waals surface area contributed by atoms with Crippen LogP contribution in [0, 0.1) is 19.7 Å². The molecule has 20 heavy (non-hydrogen) atoms. The van der Waals surface area contributed by atoms with Crippen molar-refractivity contribution in [2.75, 3.05) is 0 Å². The van der Waals surface area contributed by atoms with Gasteiger partial charge in [-0.25, -0.2) is 9.37 Å². The van der Waals surface area contributed by atoms with Gasteiger partial charge in [0.25, 0.3) is 0 Å². The number of benzene rings is 2. The summed E-state index contributed by atoms with van der Waals surface area (Å²) in [7, 11) is 0. The number of carbonyl (C=O) groups excluding carboxylic acids is 1. The second-order valence-electron chi connectivity index (χ2n) is 4.84. The Morgan fingerprint density at radius 3 is 2.70 bits per heavy atom. The number of para-hydroxylation sites is 1. The fraction of sp³-hybridized carbons (Fsp3) is 0.125. The van der Waals surface area contributed by atoms with Crippen LogP contribution in [0.15, 0.2) is 36.7 Å². The number of aromatic nitrogens is 2. The smallest absolute Gasteiger partial charge is 0.152 e. The van der Waals surface area contributed by atoms with E-state index >= 15 is 0 Å². The normalized spacial score (nSPS) is 10.9. The molecule has 0 spiro atoms. The van der Waals surface area contributed by atoms with Crippen molar-refractivity contribution in [2.45, 2.75) is 13.8 Å². The number of aryl methyl sites for hydroxylation is 2. The molecule has 0 aliphatic heterocycles. The van der Waals surface area contributed by atoms with Gasteiger partial charge in [0.2, 0.25) is 0 Å². The van der Waals surface area contributed by atoms with Crippen LogP contribution in [0.5, 0.6) is 0 Å². The quantitative estimate of drug-likeness (QED) is 0.666. The number of imidazole rings is 1. The number of hydrogen-bond donors (Lipinski definition) is 0. The molecule has 0 fully saturated rings. The zero-order valence-electron chi connectivity index (χ0n) is 11.2. The van der Waals surface area contributed by atoms with Crippen molar-refractivity contribution in [1.29, 1.82) is 0 Å². The van der Waals surface area contributed by atoms with E-state index in [1.54, 1.807) is 17.0 Å². The predicted molar refractivity (Wildman–Crippen MR) is 75.9 cm³/mol. The van der Waals surface area contributed by atoms with Crippen molar-refractivity contribution in [3.05, 3.63) is 59.2 Å². The van der Waals surface area contributed by atoms with Crippen LogP contribution in [0.25, 0.3) is 16.7 Å².